The number of benzene rings is 2. The molecule has 0 aliphatic rings. The van der Waals surface area contributed by atoms with Crippen LogP contribution in [0.5, 0.6) is 11.5 Å². The van der Waals surface area contributed by atoms with Gasteiger partial charge in [0.15, 0.2) is 6.04 Å². The summed E-state index contributed by atoms with van der Waals surface area (Å²) in [6.45, 7) is 3.13. The number of amides is 1. The van der Waals surface area contributed by atoms with Crippen LogP contribution >= 0.6 is 15.9 Å². The van der Waals surface area contributed by atoms with Crippen molar-refractivity contribution in [3.8, 4) is 11.5 Å². The first-order valence-corrected chi connectivity index (χ1v) is 9.29. The Hall–Kier alpha value is -2.05. The van der Waals surface area contributed by atoms with Crippen LogP contribution in [0.4, 0.5) is 0 Å². The number of quaternary nitrogens is 1. The third-order valence-corrected chi connectivity index (χ3v) is 4.96. The first-order chi connectivity index (χ1) is 12.4. The van der Waals surface area contributed by atoms with E-state index in [0.29, 0.717) is 13.1 Å². The summed E-state index contributed by atoms with van der Waals surface area (Å²) in [5, 5.41) is 3.00. The summed E-state index contributed by atoms with van der Waals surface area (Å²) in [6.07, 6.45) is 0. The molecule has 0 radical (unpaired) electrons. The maximum absolute atomic E-state index is 12.5. The highest BCUT2D eigenvalue weighted by molar-refractivity contribution is 9.10. The highest BCUT2D eigenvalue weighted by atomic mass is 79.9. The summed E-state index contributed by atoms with van der Waals surface area (Å²) in [5.41, 5.74) is 2.10. The molecular formula is C20H26BrN2O3+. The Balaban J connectivity index is 1.93. The van der Waals surface area contributed by atoms with Gasteiger partial charge in [-0.25, -0.2) is 0 Å². The Morgan fingerprint density at radius 2 is 1.85 bits per heavy atom. The van der Waals surface area contributed by atoms with Crippen molar-refractivity contribution in [2.45, 2.75) is 26.1 Å². The predicted molar refractivity (Wildman–Crippen MR) is 106 cm³/mol. The van der Waals surface area contributed by atoms with Crippen molar-refractivity contribution in [2.75, 3.05) is 21.3 Å². The third-order valence-electron chi connectivity index (χ3n) is 4.47. The van der Waals surface area contributed by atoms with Crippen LogP contribution in [0.25, 0.3) is 0 Å². The van der Waals surface area contributed by atoms with Crippen LogP contribution in [-0.2, 0) is 17.9 Å². The van der Waals surface area contributed by atoms with Gasteiger partial charge in [0.05, 0.1) is 21.3 Å². The number of rotatable bonds is 8. The molecule has 0 spiro atoms. The molecule has 6 heteroatoms. The lowest BCUT2D eigenvalue weighted by Gasteiger charge is -2.22. The van der Waals surface area contributed by atoms with Gasteiger partial charge in [-0.15, -0.1) is 0 Å². The number of ether oxygens (including phenoxy) is 2. The highest BCUT2D eigenvalue weighted by Gasteiger charge is 2.22. The summed E-state index contributed by atoms with van der Waals surface area (Å²) < 4.78 is 11.6. The number of hydrogen-bond donors (Lipinski definition) is 2. The number of carbonyl (C=O) groups is 1. The van der Waals surface area contributed by atoms with Crippen LogP contribution in [-0.4, -0.2) is 33.2 Å². The van der Waals surface area contributed by atoms with Crippen molar-refractivity contribution >= 4 is 21.8 Å². The van der Waals surface area contributed by atoms with Gasteiger partial charge in [0.25, 0.3) is 5.91 Å². The van der Waals surface area contributed by atoms with E-state index >= 15 is 0 Å². The molecule has 5 nitrogen and oxygen atoms in total. The van der Waals surface area contributed by atoms with Gasteiger partial charge in [-0.05, 0) is 42.8 Å². The van der Waals surface area contributed by atoms with Gasteiger partial charge in [-0.1, -0.05) is 28.1 Å². The molecule has 2 aromatic rings. The Labute approximate surface area is 163 Å². The number of likely N-dealkylation sites (N-methyl/N-ethyl adjacent to an activating group) is 1. The van der Waals surface area contributed by atoms with E-state index in [4.69, 9.17) is 9.47 Å². The Morgan fingerprint density at radius 3 is 2.46 bits per heavy atom. The Kier molecular flexibility index (Phi) is 7.48. The molecule has 26 heavy (non-hydrogen) atoms. The minimum absolute atomic E-state index is 0.0206. The van der Waals surface area contributed by atoms with Crippen LogP contribution < -0.4 is 19.7 Å². The van der Waals surface area contributed by atoms with Crippen molar-refractivity contribution in [1.29, 1.82) is 0 Å². The second kappa shape index (κ2) is 9.59. The standard InChI is InChI=1S/C20H25BrN2O3/c1-14(20(24)22-12-15-5-8-18(25-3)9-6-15)23(2)13-16-11-17(21)7-10-19(16)26-4/h5-11,14H,12-13H2,1-4H3,(H,22,24)/p+1/t14-/m0/s1. The minimum atomic E-state index is -0.183. The maximum Gasteiger partial charge on any atom is 0.278 e. The first kappa shape index (κ1) is 20.3. The van der Waals surface area contributed by atoms with Gasteiger partial charge < -0.3 is 19.7 Å². The lowest BCUT2D eigenvalue weighted by atomic mass is 10.1. The molecule has 2 N–H and O–H groups in total. The number of hydrogen-bond acceptors (Lipinski definition) is 3. The normalized spacial score (nSPS) is 13.0. The third kappa shape index (κ3) is 5.47. The van der Waals surface area contributed by atoms with Crippen LogP contribution in [0.1, 0.15) is 18.1 Å². The molecule has 2 atom stereocenters. The summed E-state index contributed by atoms with van der Waals surface area (Å²) in [5.74, 6) is 1.66. The molecule has 140 valence electrons. The molecule has 1 amide bonds. The number of halogens is 1. The predicted octanol–water partition coefficient (Wildman–Crippen LogP) is 2.19. The number of nitrogens with one attached hydrogen (secondary N) is 2. The van der Waals surface area contributed by atoms with Gasteiger partial charge in [-0.3, -0.25) is 4.79 Å². The zero-order chi connectivity index (χ0) is 19.1. The monoisotopic (exact) mass is 421 g/mol. The Bertz CT molecular complexity index is 734. The van der Waals surface area contributed by atoms with Crippen LogP contribution in [0.15, 0.2) is 46.9 Å². The zero-order valence-electron chi connectivity index (χ0n) is 15.6. The molecule has 0 bridgehead atoms. The quantitative estimate of drug-likeness (QED) is 0.686. The van der Waals surface area contributed by atoms with E-state index in [1.807, 2.05) is 56.4 Å². The molecule has 0 aliphatic heterocycles. The molecule has 2 aromatic carbocycles. The second-order valence-electron chi connectivity index (χ2n) is 6.27. The van der Waals surface area contributed by atoms with Gasteiger partial charge >= 0.3 is 0 Å². The molecule has 0 aromatic heterocycles. The van der Waals surface area contributed by atoms with E-state index in [2.05, 4.69) is 21.2 Å². The molecule has 2 rings (SSSR count). The van der Waals surface area contributed by atoms with E-state index in [-0.39, 0.29) is 11.9 Å². The van der Waals surface area contributed by atoms with Crippen molar-refractivity contribution < 1.29 is 19.2 Å². The minimum Gasteiger partial charge on any atom is -0.497 e. The fourth-order valence-electron chi connectivity index (χ4n) is 2.65. The van der Waals surface area contributed by atoms with E-state index in [1.54, 1.807) is 14.2 Å². The molecule has 0 heterocycles. The van der Waals surface area contributed by atoms with E-state index in [1.165, 1.54) is 0 Å². The highest BCUT2D eigenvalue weighted by Crippen LogP contribution is 2.22. The van der Waals surface area contributed by atoms with E-state index in [0.717, 1.165) is 32.0 Å². The van der Waals surface area contributed by atoms with Crippen molar-refractivity contribution in [3.63, 3.8) is 0 Å². The van der Waals surface area contributed by atoms with Gasteiger partial charge in [-0.2, -0.15) is 0 Å². The molecule has 0 fully saturated rings. The van der Waals surface area contributed by atoms with Gasteiger partial charge in [0.1, 0.15) is 18.0 Å². The first-order valence-electron chi connectivity index (χ1n) is 8.50. The van der Waals surface area contributed by atoms with Crippen molar-refractivity contribution in [3.05, 3.63) is 58.1 Å². The largest absolute Gasteiger partial charge is 0.497 e. The van der Waals surface area contributed by atoms with E-state index < -0.39 is 0 Å². The van der Waals surface area contributed by atoms with Crippen molar-refractivity contribution in [1.82, 2.24) is 5.32 Å². The van der Waals surface area contributed by atoms with Crippen molar-refractivity contribution in [2.24, 2.45) is 0 Å². The van der Waals surface area contributed by atoms with Gasteiger partial charge in [0, 0.05) is 16.6 Å². The lowest BCUT2D eigenvalue weighted by Crippen LogP contribution is -3.12. The zero-order valence-corrected chi connectivity index (χ0v) is 17.2. The smallest absolute Gasteiger partial charge is 0.278 e. The fraction of sp³-hybridized carbons (Fsp3) is 0.350. The topological polar surface area (TPSA) is 52.0 Å². The lowest BCUT2D eigenvalue weighted by molar-refractivity contribution is -0.908. The van der Waals surface area contributed by atoms with Crippen LogP contribution in [0.2, 0.25) is 0 Å². The fourth-order valence-corrected chi connectivity index (χ4v) is 3.06. The maximum atomic E-state index is 12.5. The molecule has 0 aliphatic carbocycles. The summed E-state index contributed by atoms with van der Waals surface area (Å²) >= 11 is 3.49. The molecule has 1 unspecified atom stereocenters. The van der Waals surface area contributed by atoms with E-state index in [9.17, 15) is 4.79 Å². The summed E-state index contributed by atoms with van der Waals surface area (Å²) in [6, 6.07) is 13.4. The molecule has 0 saturated heterocycles. The molecule has 0 saturated carbocycles. The summed E-state index contributed by atoms with van der Waals surface area (Å²) in [4.78, 5) is 13.6. The van der Waals surface area contributed by atoms with Crippen LogP contribution in [0, 0.1) is 0 Å². The number of methoxy groups -OCH3 is 2. The van der Waals surface area contributed by atoms with Gasteiger partial charge in [0.2, 0.25) is 0 Å². The average Bonchev–Trinajstić information content (AvgIpc) is 2.66. The second-order valence-corrected chi connectivity index (χ2v) is 7.18. The Morgan fingerprint density at radius 1 is 1.15 bits per heavy atom. The summed E-state index contributed by atoms with van der Waals surface area (Å²) in [7, 11) is 5.31. The SMILES string of the molecule is COc1ccc(CNC(=O)[C@H](C)[NH+](C)Cc2cc(Br)ccc2OC)cc1. The molecular weight excluding hydrogens is 396 g/mol. The van der Waals surface area contributed by atoms with Crippen LogP contribution in [0.3, 0.4) is 0 Å². The average molecular weight is 422 g/mol. The number of carbonyl (C=O) groups excluding carboxylic acids is 1.